The Bertz CT molecular complexity index is 684. The highest BCUT2D eigenvalue weighted by atomic mass is 16.2. The van der Waals surface area contributed by atoms with E-state index in [1.165, 1.54) is 0 Å². The maximum Gasteiger partial charge on any atom is 0.253 e. The highest BCUT2D eigenvalue weighted by Crippen LogP contribution is 2.37. The third-order valence-electron chi connectivity index (χ3n) is 4.98. The Morgan fingerprint density at radius 1 is 1.27 bits per heavy atom. The Labute approximate surface area is 128 Å². The smallest absolute Gasteiger partial charge is 0.253 e. The number of carbonyl (C=O) groups is 1. The zero-order valence-electron chi connectivity index (χ0n) is 12.3. The molecule has 6 heteroatoms. The summed E-state index contributed by atoms with van der Waals surface area (Å²) in [6, 6.07) is 7.78. The number of amides is 1. The third-order valence-corrected chi connectivity index (χ3v) is 4.98. The van der Waals surface area contributed by atoms with E-state index in [1.807, 2.05) is 29.2 Å². The first-order valence-corrected chi connectivity index (χ1v) is 7.74. The molecule has 2 fully saturated rings. The second-order valence-electron chi connectivity index (χ2n) is 6.27. The highest BCUT2D eigenvalue weighted by molar-refractivity contribution is 5.95. The van der Waals surface area contributed by atoms with Crippen molar-refractivity contribution in [1.82, 2.24) is 19.9 Å². The summed E-state index contributed by atoms with van der Waals surface area (Å²) in [5.41, 5.74) is 7.70. The van der Waals surface area contributed by atoms with E-state index in [4.69, 9.17) is 5.73 Å². The van der Waals surface area contributed by atoms with Crippen LogP contribution in [0.15, 0.2) is 36.7 Å². The van der Waals surface area contributed by atoms with Gasteiger partial charge in [-0.1, -0.05) is 11.3 Å². The van der Waals surface area contributed by atoms with Crippen LogP contribution in [-0.4, -0.2) is 44.9 Å². The van der Waals surface area contributed by atoms with Gasteiger partial charge in [0.25, 0.3) is 5.91 Å². The van der Waals surface area contributed by atoms with Crippen LogP contribution in [0.3, 0.4) is 0 Å². The van der Waals surface area contributed by atoms with Gasteiger partial charge in [0.05, 0.1) is 18.1 Å². The van der Waals surface area contributed by atoms with E-state index in [0.29, 0.717) is 17.4 Å². The summed E-state index contributed by atoms with van der Waals surface area (Å²) >= 11 is 0. The van der Waals surface area contributed by atoms with Gasteiger partial charge in [0.2, 0.25) is 0 Å². The van der Waals surface area contributed by atoms with Crippen LogP contribution in [0, 0.1) is 11.8 Å². The Morgan fingerprint density at radius 3 is 2.95 bits per heavy atom. The topological polar surface area (TPSA) is 77.0 Å². The van der Waals surface area contributed by atoms with Gasteiger partial charge in [-0.2, -0.15) is 0 Å². The first-order valence-electron chi connectivity index (χ1n) is 7.74. The van der Waals surface area contributed by atoms with Crippen LogP contribution < -0.4 is 5.73 Å². The molecule has 0 spiro atoms. The van der Waals surface area contributed by atoms with Crippen LogP contribution in [0.1, 0.15) is 23.2 Å². The Morgan fingerprint density at radius 2 is 2.18 bits per heavy atom. The molecule has 3 unspecified atom stereocenters. The van der Waals surface area contributed by atoms with Crippen molar-refractivity contribution in [3.63, 3.8) is 0 Å². The van der Waals surface area contributed by atoms with E-state index in [9.17, 15) is 4.79 Å². The molecule has 1 aliphatic heterocycles. The molecule has 1 saturated heterocycles. The predicted octanol–water partition coefficient (Wildman–Crippen LogP) is 1.08. The van der Waals surface area contributed by atoms with E-state index in [1.54, 1.807) is 17.1 Å². The molecule has 4 rings (SSSR count). The Kier molecular flexibility index (Phi) is 3.18. The number of rotatable bonds is 2. The van der Waals surface area contributed by atoms with Crippen molar-refractivity contribution in [2.24, 2.45) is 17.6 Å². The van der Waals surface area contributed by atoms with E-state index >= 15 is 0 Å². The fourth-order valence-corrected chi connectivity index (χ4v) is 3.78. The lowest BCUT2D eigenvalue weighted by atomic mass is 9.98. The molecule has 1 aliphatic carbocycles. The maximum atomic E-state index is 12.7. The number of aromatic nitrogens is 3. The van der Waals surface area contributed by atoms with Gasteiger partial charge < -0.3 is 10.6 Å². The van der Waals surface area contributed by atoms with Crippen LogP contribution in [-0.2, 0) is 0 Å². The van der Waals surface area contributed by atoms with Crippen LogP contribution in [0.2, 0.25) is 0 Å². The maximum absolute atomic E-state index is 12.7. The summed E-state index contributed by atoms with van der Waals surface area (Å²) in [7, 11) is 0. The van der Waals surface area contributed by atoms with Crippen molar-refractivity contribution in [3.05, 3.63) is 42.2 Å². The van der Waals surface area contributed by atoms with Gasteiger partial charge in [-0.25, -0.2) is 4.68 Å². The van der Waals surface area contributed by atoms with Crippen LogP contribution in [0.25, 0.3) is 5.69 Å². The lowest BCUT2D eigenvalue weighted by Crippen LogP contribution is -2.33. The third kappa shape index (κ3) is 2.20. The number of likely N-dealkylation sites (tertiary alicyclic amines) is 1. The first-order chi connectivity index (χ1) is 10.7. The number of nitrogens with zero attached hydrogens (tertiary/aromatic N) is 4. The summed E-state index contributed by atoms with van der Waals surface area (Å²) in [6.07, 6.45) is 5.63. The Balaban J connectivity index is 1.55. The normalized spacial score (nSPS) is 27.1. The molecule has 0 bridgehead atoms. The molecule has 2 aromatic rings. The van der Waals surface area contributed by atoms with Crippen molar-refractivity contribution >= 4 is 5.91 Å². The van der Waals surface area contributed by atoms with Gasteiger partial charge in [-0.15, -0.1) is 5.10 Å². The molecule has 0 radical (unpaired) electrons. The number of nitrogens with two attached hydrogens (primary N) is 1. The number of benzene rings is 1. The zero-order valence-corrected chi connectivity index (χ0v) is 12.3. The largest absolute Gasteiger partial charge is 0.338 e. The molecule has 2 heterocycles. The van der Waals surface area contributed by atoms with Gasteiger partial charge in [-0.05, 0) is 42.9 Å². The molecule has 1 saturated carbocycles. The molecule has 3 atom stereocenters. The Hall–Kier alpha value is -2.21. The monoisotopic (exact) mass is 297 g/mol. The molecule has 1 aromatic carbocycles. The molecule has 22 heavy (non-hydrogen) atoms. The first kappa shape index (κ1) is 13.5. The van der Waals surface area contributed by atoms with Crippen LogP contribution >= 0.6 is 0 Å². The van der Waals surface area contributed by atoms with Gasteiger partial charge in [0.1, 0.15) is 0 Å². The molecule has 1 amide bonds. The van der Waals surface area contributed by atoms with Crippen molar-refractivity contribution in [3.8, 4) is 5.69 Å². The predicted molar refractivity (Wildman–Crippen MR) is 81.5 cm³/mol. The minimum absolute atomic E-state index is 0.0866. The van der Waals surface area contributed by atoms with E-state index < -0.39 is 0 Å². The lowest BCUT2D eigenvalue weighted by Gasteiger charge is -2.19. The van der Waals surface area contributed by atoms with E-state index in [0.717, 1.165) is 31.6 Å². The standard InChI is InChI=1S/C16H19N5O/c17-15-5-4-12-9-20(10-14(12)15)16(22)11-2-1-3-13(8-11)21-7-6-18-19-21/h1-3,6-8,12,14-15H,4-5,9-10,17H2. The van der Waals surface area contributed by atoms with Gasteiger partial charge in [0, 0.05) is 24.7 Å². The number of carbonyl (C=O) groups excluding carboxylic acids is 1. The quantitative estimate of drug-likeness (QED) is 0.899. The van der Waals surface area contributed by atoms with Crippen molar-refractivity contribution in [2.45, 2.75) is 18.9 Å². The summed E-state index contributed by atoms with van der Waals surface area (Å²) in [5, 5.41) is 7.77. The van der Waals surface area contributed by atoms with Crippen LogP contribution in [0.4, 0.5) is 0 Å². The van der Waals surface area contributed by atoms with Gasteiger partial charge in [0.15, 0.2) is 0 Å². The molecule has 1 aromatic heterocycles. The van der Waals surface area contributed by atoms with E-state index in [2.05, 4.69) is 10.3 Å². The van der Waals surface area contributed by atoms with Crippen molar-refractivity contribution < 1.29 is 4.79 Å². The number of hydrogen-bond donors (Lipinski definition) is 1. The van der Waals surface area contributed by atoms with E-state index in [-0.39, 0.29) is 11.9 Å². The average Bonchev–Trinajstić information content (AvgIpc) is 3.25. The number of hydrogen-bond acceptors (Lipinski definition) is 4. The summed E-state index contributed by atoms with van der Waals surface area (Å²) in [6.45, 7) is 1.63. The lowest BCUT2D eigenvalue weighted by molar-refractivity contribution is 0.0779. The fourth-order valence-electron chi connectivity index (χ4n) is 3.78. The SMILES string of the molecule is NC1CCC2CN(C(=O)c3cccc(-n4ccnn4)c3)CC12. The molecular formula is C16H19N5O. The molecule has 2 N–H and O–H groups in total. The minimum atomic E-state index is 0.0866. The summed E-state index contributed by atoms with van der Waals surface area (Å²) < 4.78 is 1.66. The van der Waals surface area contributed by atoms with Gasteiger partial charge in [-0.3, -0.25) is 4.79 Å². The second-order valence-corrected chi connectivity index (χ2v) is 6.27. The van der Waals surface area contributed by atoms with Crippen molar-refractivity contribution in [1.29, 1.82) is 0 Å². The average molecular weight is 297 g/mol. The van der Waals surface area contributed by atoms with Crippen molar-refractivity contribution in [2.75, 3.05) is 13.1 Å². The second kappa shape index (κ2) is 5.21. The van der Waals surface area contributed by atoms with Gasteiger partial charge >= 0.3 is 0 Å². The minimum Gasteiger partial charge on any atom is -0.338 e. The highest BCUT2D eigenvalue weighted by Gasteiger charge is 2.42. The molecular weight excluding hydrogens is 278 g/mol. The summed E-state index contributed by atoms with van der Waals surface area (Å²) in [5.74, 6) is 1.14. The molecule has 6 nitrogen and oxygen atoms in total. The molecule has 114 valence electrons. The summed E-state index contributed by atoms with van der Waals surface area (Å²) in [4.78, 5) is 14.7. The molecule has 2 aliphatic rings. The fraction of sp³-hybridized carbons (Fsp3) is 0.438. The van der Waals surface area contributed by atoms with Crippen LogP contribution in [0.5, 0.6) is 0 Å². The number of fused-ring (bicyclic) bond motifs is 1. The zero-order chi connectivity index (χ0) is 15.1.